The zero-order chi connectivity index (χ0) is 15.4. The predicted molar refractivity (Wildman–Crippen MR) is 81.8 cm³/mol. The first-order valence-corrected chi connectivity index (χ1v) is 7.13. The highest BCUT2D eigenvalue weighted by atomic mass is 35.5. The molecule has 21 heavy (non-hydrogen) atoms. The average Bonchev–Trinajstić information content (AvgIpc) is 2.76. The van der Waals surface area contributed by atoms with Crippen molar-refractivity contribution in [1.29, 1.82) is 0 Å². The molecule has 0 spiro atoms. The number of nitrogens with zero attached hydrogens (tertiary/aromatic N) is 2. The highest BCUT2D eigenvalue weighted by molar-refractivity contribution is 6.32. The highest BCUT2D eigenvalue weighted by Gasteiger charge is 2.08. The standard InChI is InChI=1S/C15H18ClN3O2/c1-10-8-11(2)19(18-10)7-3-6-17-15(21)12-4-5-14(20)13(16)9-12/h4-5,8-9,20H,3,6-7H2,1-2H3,(H,17,21). The molecule has 0 radical (unpaired) electrons. The van der Waals surface area contributed by atoms with E-state index in [0.29, 0.717) is 12.1 Å². The number of amides is 1. The van der Waals surface area contributed by atoms with Gasteiger partial charge in [0.05, 0.1) is 10.7 Å². The van der Waals surface area contributed by atoms with Crippen LogP contribution in [0.3, 0.4) is 0 Å². The van der Waals surface area contributed by atoms with Crippen molar-refractivity contribution in [2.45, 2.75) is 26.8 Å². The molecular formula is C15H18ClN3O2. The van der Waals surface area contributed by atoms with Gasteiger partial charge in [-0.05, 0) is 44.5 Å². The molecular weight excluding hydrogens is 290 g/mol. The number of hydrogen-bond acceptors (Lipinski definition) is 3. The van der Waals surface area contributed by atoms with Crippen molar-refractivity contribution in [2.75, 3.05) is 6.54 Å². The SMILES string of the molecule is Cc1cc(C)n(CCCNC(=O)c2ccc(O)c(Cl)c2)n1. The summed E-state index contributed by atoms with van der Waals surface area (Å²) >= 11 is 5.78. The van der Waals surface area contributed by atoms with Gasteiger partial charge in [0.25, 0.3) is 5.91 Å². The van der Waals surface area contributed by atoms with Gasteiger partial charge in [-0.25, -0.2) is 0 Å². The number of phenols is 1. The molecule has 0 saturated carbocycles. The summed E-state index contributed by atoms with van der Waals surface area (Å²) in [5.74, 6) is -0.233. The first-order valence-electron chi connectivity index (χ1n) is 6.75. The van der Waals surface area contributed by atoms with Crippen LogP contribution in [0.25, 0.3) is 0 Å². The molecule has 5 nitrogen and oxygen atoms in total. The maximum atomic E-state index is 11.9. The smallest absolute Gasteiger partial charge is 0.251 e. The lowest BCUT2D eigenvalue weighted by Crippen LogP contribution is -2.25. The Morgan fingerprint density at radius 3 is 2.76 bits per heavy atom. The van der Waals surface area contributed by atoms with Gasteiger partial charge in [0.2, 0.25) is 0 Å². The average molecular weight is 308 g/mol. The lowest BCUT2D eigenvalue weighted by molar-refractivity contribution is 0.0952. The van der Waals surface area contributed by atoms with Crippen LogP contribution in [0.1, 0.15) is 28.2 Å². The van der Waals surface area contributed by atoms with Crippen LogP contribution in [0, 0.1) is 13.8 Å². The van der Waals surface area contributed by atoms with Crippen LogP contribution in [0.2, 0.25) is 5.02 Å². The number of aryl methyl sites for hydroxylation is 3. The molecule has 1 aromatic carbocycles. The van der Waals surface area contributed by atoms with Gasteiger partial charge in [-0.3, -0.25) is 9.48 Å². The van der Waals surface area contributed by atoms with Gasteiger partial charge in [0, 0.05) is 24.3 Å². The minimum atomic E-state index is -0.203. The predicted octanol–water partition coefficient (Wildman–Crippen LogP) is 2.68. The van der Waals surface area contributed by atoms with E-state index in [1.54, 1.807) is 0 Å². The fourth-order valence-corrected chi connectivity index (χ4v) is 2.26. The number of halogens is 1. The van der Waals surface area contributed by atoms with E-state index in [2.05, 4.69) is 10.4 Å². The Hall–Kier alpha value is -2.01. The number of nitrogens with one attached hydrogen (secondary N) is 1. The number of carbonyl (C=O) groups excluding carboxylic acids is 1. The molecule has 0 unspecified atom stereocenters. The van der Waals surface area contributed by atoms with Gasteiger partial charge in [0.1, 0.15) is 5.75 Å². The Balaban J connectivity index is 1.81. The van der Waals surface area contributed by atoms with Crippen molar-refractivity contribution >= 4 is 17.5 Å². The van der Waals surface area contributed by atoms with Crippen molar-refractivity contribution < 1.29 is 9.90 Å². The second-order valence-electron chi connectivity index (χ2n) is 4.93. The Bertz CT molecular complexity index is 652. The maximum absolute atomic E-state index is 11.9. The van der Waals surface area contributed by atoms with Crippen LogP contribution < -0.4 is 5.32 Å². The third-order valence-electron chi connectivity index (χ3n) is 3.15. The molecule has 6 heteroatoms. The van der Waals surface area contributed by atoms with Gasteiger partial charge in [-0.1, -0.05) is 11.6 Å². The van der Waals surface area contributed by atoms with Crippen LogP contribution in [0.15, 0.2) is 24.3 Å². The second kappa shape index (κ2) is 6.63. The summed E-state index contributed by atoms with van der Waals surface area (Å²) in [7, 11) is 0. The number of phenolic OH excluding ortho intramolecular Hbond substituents is 1. The number of aromatic hydroxyl groups is 1. The largest absolute Gasteiger partial charge is 0.506 e. The van der Waals surface area contributed by atoms with E-state index in [9.17, 15) is 9.90 Å². The number of carbonyl (C=O) groups is 1. The highest BCUT2D eigenvalue weighted by Crippen LogP contribution is 2.23. The van der Waals surface area contributed by atoms with Gasteiger partial charge < -0.3 is 10.4 Å². The van der Waals surface area contributed by atoms with E-state index < -0.39 is 0 Å². The second-order valence-corrected chi connectivity index (χ2v) is 5.33. The van der Waals surface area contributed by atoms with Crippen molar-refractivity contribution in [3.63, 3.8) is 0 Å². The molecule has 0 bridgehead atoms. The lowest BCUT2D eigenvalue weighted by Gasteiger charge is -2.07. The number of benzene rings is 1. The van der Waals surface area contributed by atoms with Crippen LogP contribution in [-0.2, 0) is 6.54 Å². The quantitative estimate of drug-likeness (QED) is 0.835. The molecule has 0 aliphatic carbocycles. The molecule has 0 aliphatic heterocycles. The summed E-state index contributed by atoms with van der Waals surface area (Å²) in [6, 6.07) is 6.43. The number of rotatable bonds is 5. The van der Waals surface area contributed by atoms with Crippen molar-refractivity contribution in [3.8, 4) is 5.75 Å². The monoisotopic (exact) mass is 307 g/mol. The molecule has 0 saturated heterocycles. The molecule has 1 aromatic heterocycles. The van der Waals surface area contributed by atoms with Crippen LogP contribution in [0.5, 0.6) is 5.75 Å². The van der Waals surface area contributed by atoms with Crippen LogP contribution in [0.4, 0.5) is 0 Å². The molecule has 1 heterocycles. The van der Waals surface area contributed by atoms with E-state index in [1.807, 2.05) is 24.6 Å². The summed E-state index contributed by atoms with van der Waals surface area (Å²) in [6.07, 6.45) is 0.791. The number of aromatic nitrogens is 2. The lowest BCUT2D eigenvalue weighted by atomic mass is 10.2. The van der Waals surface area contributed by atoms with E-state index in [4.69, 9.17) is 11.6 Å². The minimum absolute atomic E-state index is 0.0299. The zero-order valence-corrected chi connectivity index (χ0v) is 12.8. The summed E-state index contributed by atoms with van der Waals surface area (Å²) < 4.78 is 1.93. The first kappa shape index (κ1) is 15.4. The molecule has 0 atom stereocenters. The Morgan fingerprint density at radius 2 is 2.14 bits per heavy atom. The molecule has 0 fully saturated rings. The third-order valence-corrected chi connectivity index (χ3v) is 3.45. The van der Waals surface area contributed by atoms with Gasteiger partial charge in [-0.2, -0.15) is 5.10 Å². The van der Waals surface area contributed by atoms with E-state index in [0.717, 1.165) is 24.4 Å². The normalized spacial score (nSPS) is 10.6. The molecule has 2 N–H and O–H groups in total. The fourth-order valence-electron chi connectivity index (χ4n) is 2.08. The van der Waals surface area contributed by atoms with Crippen molar-refractivity contribution in [3.05, 3.63) is 46.2 Å². The summed E-state index contributed by atoms with van der Waals surface area (Å²) in [4.78, 5) is 11.9. The zero-order valence-electron chi connectivity index (χ0n) is 12.1. The van der Waals surface area contributed by atoms with Gasteiger partial charge >= 0.3 is 0 Å². The third kappa shape index (κ3) is 3.98. The van der Waals surface area contributed by atoms with Crippen LogP contribution >= 0.6 is 11.6 Å². The summed E-state index contributed by atoms with van der Waals surface area (Å²) in [5.41, 5.74) is 2.54. The number of hydrogen-bond donors (Lipinski definition) is 2. The van der Waals surface area contributed by atoms with E-state index in [1.165, 1.54) is 18.2 Å². The molecule has 112 valence electrons. The fraction of sp³-hybridized carbons (Fsp3) is 0.333. The van der Waals surface area contributed by atoms with E-state index in [-0.39, 0.29) is 16.7 Å². The molecule has 1 amide bonds. The minimum Gasteiger partial charge on any atom is -0.506 e. The van der Waals surface area contributed by atoms with Crippen molar-refractivity contribution in [1.82, 2.24) is 15.1 Å². The Morgan fingerprint density at radius 1 is 1.38 bits per heavy atom. The molecule has 0 aliphatic rings. The summed E-state index contributed by atoms with van der Waals surface area (Å²) in [5, 5.41) is 16.7. The van der Waals surface area contributed by atoms with E-state index >= 15 is 0 Å². The first-order chi connectivity index (χ1) is 9.97. The maximum Gasteiger partial charge on any atom is 0.251 e. The van der Waals surface area contributed by atoms with Crippen molar-refractivity contribution in [2.24, 2.45) is 0 Å². The molecule has 2 aromatic rings. The van der Waals surface area contributed by atoms with Gasteiger partial charge in [0.15, 0.2) is 0 Å². The Labute approximate surface area is 128 Å². The Kier molecular flexibility index (Phi) is 4.85. The van der Waals surface area contributed by atoms with Crippen LogP contribution in [-0.4, -0.2) is 27.3 Å². The topological polar surface area (TPSA) is 67.2 Å². The summed E-state index contributed by atoms with van der Waals surface area (Å²) in [6.45, 7) is 5.28. The molecule has 2 rings (SSSR count). The van der Waals surface area contributed by atoms with Gasteiger partial charge in [-0.15, -0.1) is 0 Å².